The predicted octanol–water partition coefficient (Wildman–Crippen LogP) is 1.59. The molecule has 0 aromatic carbocycles. The molecule has 13 heavy (non-hydrogen) atoms. The minimum atomic E-state index is 0.624. The average Bonchev–Trinajstić information content (AvgIpc) is 2.70. The van der Waals surface area contributed by atoms with Gasteiger partial charge in [0.2, 0.25) is 0 Å². The van der Waals surface area contributed by atoms with E-state index >= 15 is 0 Å². The molecule has 3 heteroatoms. The Morgan fingerprint density at radius 1 is 1.54 bits per heavy atom. The summed E-state index contributed by atoms with van der Waals surface area (Å²) in [4.78, 5) is 0. The van der Waals surface area contributed by atoms with E-state index < -0.39 is 0 Å². The first-order valence-corrected chi connectivity index (χ1v) is 5.12. The molecule has 3 nitrogen and oxygen atoms in total. The van der Waals surface area contributed by atoms with E-state index in [-0.39, 0.29) is 0 Å². The predicted molar refractivity (Wildman–Crippen MR) is 52.6 cm³/mol. The maximum atomic E-state index is 4.28. The van der Waals surface area contributed by atoms with Crippen molar-refractivity contribution >= 4 is 0 Å². The Kier molecular flexibility index (Phi) is 2.64. The zero-order valence-corrected chi connectivity index (χ0v) is 8.11. The highest BCUT2D eigenvalue weighted by atomic mass is 15.3. The molecule has 0 aliphatic heterocycles. The van der Waals surface area contributed by atoms with Crippen molar-refractivity contribution in [2.45, 2.75) is 38.3 Å². The molecule has 0 radical (unpaired) electrons. The zero-order valence-electron chi connectivity index (χ0n) is 8.11. The quantitative estimate of drug-likeness (QED) is 0.763. The van der Waals surface area contributed by atoms with Crippen LogP contribution in [0.1, 0.15) is 32.2 Å². The van der Waals surface area contributed by atoms with E-state index in [4.69, 9.17) is 0 Å². The third-order valence-corrected chi connectivity index (χ3v) is 2.80. The van der Waals surface area contributed by atoms with Crippen molar-refractivity contribution < 1.29 is 0 Å². The SMILES string of the molecule is CCNC1CCC(n2cccn2)C1. The summed E-state index contributed by atoms with van der Waals surface area (Å²) in [7, 11) is 0. The average molecular weight is 179 g/mol. The van der Waals surface area contributed by atoms with Crippen molar-refractivity contribution in [2.75, 3.05) is 6.54 Å². The van der Waals surface area contributed by atoms with Crippen molar-refractivity contribution in [3.05, 3.63) is 18.5 Å². The van der Waals surface area contributed by atoms with E-state index in [1.54, 1.807) is 0 Å². The summed E-state index contributed by atoms with van der Waals surface area (Å²) in [6, 6.07) is 3.33. The third-order valence-electron chi connectivity index (χ3n) is 2.80. The van der Waals surface area contributed by atoms with Crippen LogP contribution in [-0.2, 0) is 0 Å². The second-order valence-corrected chi connectivity index (χ2v) is 3.71. The summed E-state index contributed by atoms with van der Waals surface area (Å²) >= 11 is 0. The highest BCUT2D eigenvalue weighted by Gasteiger charge is 2.24. The Bertz CT molecular complexity index is 243. The molecule has 1 aliphatic rings. The number of rotatable bonds is 3. The number of aromatic nitrogens is 2. The summed E-state index contributed by atoms with van der Waals surface area (Å²) in [6.45, 7) is 3.25. The molecule has 72 valence electrons. The summed E-state index contributed by atoms with van der Waals surface area (Å²) in [5.74, 6) is 0. The maximum Gasteiger partial charge on any atom is 0.0534 e. The third kappa shape index (κ3) is 1.91. The lowest BCUT2D eigenvalue weighted by Gasteiger charge is -2.12. The van der Waals surface area contributed by atoms with Gasteiger partial charge >= 0.3 is 0 Å². The lowest BCUT2D eigenvalue weighted by molar-refractivity contribution is 0.445. The van der Waals surface area contributed by atoms with Crippen LogP contribution in [0.25, 0.3) is 0 Å². The topological polar surface area (TPSA) is 29.9 Å². The van der Waals surface area contributed by atoms with Crippen LogP contribution < -0.4 is 5.32 Å². The van der Waals surface area contributed by atoms with Gasteiger partial charge in [-0.05, 0) is 31.9 Å². The first-order chi connectivity index (χ1) is 6.40. The van der Waals surface area contributed by atoms with Gasteiger partial charge in [0.05, 0.1) is 6.04 Å². The van der Waals surface area contributed by atoms with Crippen LogP contribution in [0, 0.1) is 0 Å². The normalized spacial score (nSPS) is 28.1. The number of hydrogen-bond acceptors (Lipinski definition) is 2. The van der Waals surface area contributed by atoms with E-state index in [1.165, 1.54) is 19.3 Å². The van der Waals surface area contributed by atoms with Crippen LogP contribution in [0.3, 0.4) is 0 Å². The van der Waals surface area contributed by atoms with Crippen molar-refractivity contribution in [2.24, 2.45) is 0 Å². The Balaban J connectivity index is 1.91. The first-order valence-electron chi connectivity index (χ1n) is 5.12. The highest BCUT2D eigenvalue weighted by molar-refractivity contribution is 4.88. The minimum absolute atomic E-state index is 0.624. The van der Waals surface area contributed by atoms with Gasteiger partial charge in [0, 0.05) is 18.4 Å². The molecule has 1 aliphatic carbocycles. The van der Waals surface area contributed by atoms with Crippen LogP contribution in [0.2, 0.25) is 0 Å². The zero-order chi connectivity index (χ0) is 9.10. The molecule has 0 amide bonds. The van der Waals surface area contributed by atoms with Gasteiger partial charge in [-0.3, -0.25) is 4.68 Å². The van der Waals surface area contributed by atoms with E-state index in [0.29, 0.717) is 12.1 Å². The van der Waals surface area contributed by atoms with E-state index in [1.807, 2.05) is 12.3 Å². The Hall–Kier alpha value is -0.830. The fourth-order valence-electron chi connectivity index (χ4n) is 2.17. The van der Waals surface area contributed by atoms with Gasteiger partial charge in [-0.15, -0.1) is 0 Å². The number of nitrogens with one attached hydrogen (secondary N) is 1. The lowest BCUT2D eigenvalue weighted by atomic mass is 10.2. The summed E-state index contributed by atoms with van der Waals surface area (Å²) in [5, 5.41) is 7.78. The molecule has 0 bridgehead atoms. The minimum Gasteiger partial charge on any atom is -0.314 e. The summed E-state index contributed by atoms with van der Waals surface area (Å²) < 4.78 is 2.09. The number of hydrogen-bond donors (Lipinski definition) is 1. The van der Waals surface area contributed by atoms with Gasteiger partial charge in [-0.2, -0.15) is 5.10 Å². The molecule has 1 fully saturated rings. The second kappa shape index (κ2) is 3.92. The molecule has 0 saturated heterocycles. The smallest absolute Gasteiger partial charge is 0.0534 e. The summed E-state index contributed by atoms with van der Waals surface area (Å²) in [5.41, 5.74) is 0. The van der Waals surface area contributed by atoms with Gasteiger partial charge in [0.25, 0.3) is 0 Å². The second-order valence-electron chi connectivity index (χ2n) is 3.71. The standard InChI is InChI=1S/C10H17N3/c1-2-11-9-4-5-10(8-9)13-7-3-6-12-13/h3,6-7,9-11H,2,4-5,8H2,1H3. The fourth-order valence-corrected chi connectivity index (χ4v) is 2.17. The van der Waals surface area contributed by atoms with E-state index in [0.717, 1.165) is 6.54 Å². The Morgan fingerprint density at radius 2 is 2.46 bits per heavy atom. The molecule has 0 spiro atoms. The molecule has 1 heterocycles. The number of nitrogens with zero attached hydrogens (tertiary/aromatic N) is 2. The van der Waals surface area contributed by atoms with Crippen LogP contribution >= 0.6 is 0 Å². The van der Waals surface area contributed by atoms with Crippen LogP contribution in [0.5, 0.6) is 0 Å². The molecule has 2 atom stereocenters. The largest absolute Gasteiger partial charge is 0.314 e. The molecular weight excluding hydrogens is 162 g/mol. The molecule has 1 aromatic rings. The van der Waals surface area contributed by atoms with Gasteiger partial charge in [-0.1, -0.05) is 6.92 Å². The highest BCUT2D eigenvalue weighted by Crippen LogP contribution is 2.28. The van der Waals surface area contributed by atoms with Crippen molar-refractivity contribution in [1.82, 2.24) is 15.1 Å². The van der Waals surface area contributed by atoms with E-state index in [9.17, 15) is 0 Å². The molecule has 2 rings (SSSR count). The van der Waals surface area contributed by atoms with Crippen LogP contribution in [-0.4, -0.2) is 22.4 Å². The van der Waals surface area contributed by atoms with Gasteiger partial charge < -0.3 is 5.32 Å². The molecule has 2 unspecified atom stereocenters. The molecule has 1 N–H and O–H groups in total. The van der Waals surface area contributed by atoms with E-state index in [2.05, 4.69) is 28.2 Å². The van der Waals surface area contributed by atoms with Crippen molar-refractivity contribution in [1.29, 1.82) is 0 Å². The first kappa shape index (κ1) is 8.75. The Labute approximate surface area is 79.1 Å². The van der Waals surface area contributed by atoms with Gasteiger partial charge in [-0.25, -0.2) is 0 Å². The monoisotopic (exact) mass is 179 g/mol. The summed E-state index contributed by atoms with van der Waals surface area (Å²) in [6.07, 6.45) is 7.72. The van der Waals surface area contributed by atoms with Crippen LogP contribution in [0.4, 0.5) is 0 Å². The fraction of sp³-hybridized carbons (Fsp3) is 0.700. The van der Waals surface area contributed by atoms with Gasteiger partial charge in [0.15, 0.2) is 0 Å². The van der Waals surface area contributed by atoms with Crippen molar-refractivity contribution in [3.63, 3.8) is 0 Å². The van der Waals surface area contributed by atoms with Crippen LogP contribution in [0.15, 0.2) is 18.5 Å². The lowest BCUT2D eigenvalue weighted by Crippen LogP contribution is -2.26. The molecular formula is C10H17N3. The molecule has 1 saturated carbocycles. The Morgan fingerprint density at radius 3 is 3.15 bits per heavy atom. The van der Waals surface area contributed by atoms with Crippen molar-refractivity contribution in [3.8, 4) is 0 Å². The maximum absolute atomic E-state index is 4.28. The molecule has 1 aromatic heterocycles. The van der Waals surface area contributed by atoms with Gasteiger partial charge in [0.1, 0.15) is 0 Å².